The van der Waals surface area contributed by atoms with Gasteiger partial charge in [0.2, 0.25) is 11.9 Å². The van der Waals surface area contributed by atoms with Gasteiger partial charge < -0.3 is 0 Å². The molecule has 3 aromatic rings. The van der Waals surface area contributed by atoms with E-state index in [9.17, 15) is 4.79 Å². The van der Waals surface area contributed by atoms with E-state index in [1.807, 2.05) is 55.5 Å². The number of aromatic nitrogens is 3. The first-order valence-corrected chi connectivity index (χ1v) is 7.98. The molecule has 0 spiro atoms. The van der Waals surface area contributed by atoms with E-state index in [-0.39, 0.29) is 5.91 Å². The van der Waals surface area contributed by atoms with Crippen molar-refractivity contribution in [2.75, 3.05) is 5.32 Å². The van der Waals surface area contributed by atoms with Crippen molar-refractivity contribution in [3.63, 3.8) is 0 Å². The highest BCUT2D eigenvalue weighted by molar-refractivity contribution is 5.88. The van der Waals surface area contributed by atoms with Gasteiger partial charge in [-0.3, -0.25) is 10.1 Å². The Labute approximate surface area is 141 Å². The number of anilines is 1. The first-order valence-electron chi connectivity index (χ1n) is 7.98. The molecule has 2 aromatic carbocycles. The number of rotatable bonds is 6. The van der Waals surface area contributed by atoms with Gasteiger partial charge in [-0.1, -0.05) is 60.2 Å². The maximum absolute atomic E-state index is 12.0. The normalized spacial score (nSPS) is 10.5. The smallest absolute Gasteiger partial charge is 0.248 e. The Morgan fingerprint density at radius 1 is 1.08 bits per heavy atom. The fourth-order valence-electron chi connectivity index (χ4n) is 2.51. The first-order chi connectivity index (χ1) is 11.7. The summed E-state index contributed by atoms with van der Waals surface area (Å²) in [7, 11) is 0. The van der Waals surface area contributed by atoms with E-state index in [4.69, 9.17) is 0 Å². The lowest BCUT2D eigenvalue weighted by atomic mass is 10.1. The van der Waals surface area contributed by atoms with Gasteiger partial charge >= 0.3 is 0 Å². The highest BCUT2D eigenvalue weighted by atomic mass is 16.1. The van der Waals surface area contributed by atoms with Crippen LogP contribution in [0.25, 0.3) is 0 Å². The van der Waals surface area contributed by atoms with E-state index in [1.165, 1.54) is 5.56 Å². The Bertz CT molecular complexity index is 811. The van der Waals surface area contributed by atoms with Gasteiger partial charge in [-0.25, -0.2) is 9.67 Å². The van der Waals surface area contributed by atoms with Crippen LogP contribution in [0.2, 0.25) is 0 Å². The number of nitrogens with zero attached hydrogens (tertiary/aromatic N) is 3. The van der Waals surface area contributed by atoms with Crippen LogP contribution in [0.3, 0.4) is 0 Å². The van der Waals surface area contributed by atoms with Crippen LogP contribution < -0.4 is 5.32 Å². The van der Waals surface area contributed by atoms with Gasteiger partial charge in [0.05, 0.1) is 6.54 Å². The molecule has 1 N–H and O–H groups in total. The molecule has 0 aliphatic heterocycles. The minimum Gasteiger partial charge on any atom is -0.293 e. The first kappa shape index (κ1) is 15.9. The lowest BCUT2D eigenvalue weighted by Crippen LogP contribution is -2.14. The molecule has 1 aromatic heterocycles. The molecule has 5 heteroatoms. The minimum absolute atomic E-state index is 0.0750. The van der Waals surface area contributed by atoms with Gasteiger partial charge in [-0.05, 0) is 24.5 Å². The second-order valence-corrected chi connectivity index (χ2v) is 5.79. The molecule has 0 atom stereocenters. The van der Waals surface area contributed by atoms with E-state index < -0.39 is 0 Å². The van der Waals surface area contributed by atoms with Crippen LogP contribution in [0.5, 0.6) is 0 Å². The zero-order valence-corrected chi connectivity index (χ0v) is 13.6. The number of hydrogen-bond donors (Lipinski definition) is 1. The van der Waals surface area contributed by atoms with Crippen LogP contribution in [0, 0.1) is 6.92 Å². The minimum atomic E-state index is -0.0750. The largest absolute Gasteiger partial charge is 0.293 e. The lowest BCUT2D eigenvalue weighted by Gasteiger charge is -2.03. The molecular weight excluding hydrogens is 300 g/mol. The molecule has 0 aliphatic rings. The number of nitrogens with one attached hydrogen (secondary N) is 1. The molecule has 1 amide bonds. The van der Waals surface area contributed by atoms with Crippen LogP contribution in [0.1, 0.15) is 23.1 Å². The summed E-state index contributed by atoms with van der Waals surface area (Å²) in [6.07, 6.45) is 2.75. The second-order valence-electron chi connectivity index (χ2n) is 5.79. The Hall–Kier alpha value is -2.95. The molecule has 5 nitrogen and oxygen atoms in total. The van der Waals surface area contributed by atoms with Crippen molar-refractivity contribution in [3.05, 3.63) is 77.6 Å². The van der Waals surface area contributed by atoms with Crippen molar-refractivity contribution < 1.29 is 4.79 Å². The van der Waals surface area contributed by atoms with Crippen LogP contribution in [0.4, 0.5) is 5.95 Å². The molecule has 122 valence electrons. The fourth-order valence-corrected chi connectivity index (χ4v) is 2.51. The summed E-state index contributed by atoms with van der Waals surface area (Å²) in [4.78, 5) is 16.2. The Morgan fingerprint density at radius 3 is 2.67 bits per heavy atom. The zero-order chi connectivity index (χ0) is 16.8. The topological polar surface area (TPSA) is 59.8 Å². The summed E-state index contributed by atoms with van der Waals surface area (Å²) in [6.45, 7) is 2.68. The summed E-state index contributed by atoms with van der Waals surface area (Å²) >= 11 is 0. The van der Waals surface area contributed by atoms with Crippen LogP contribution in [-0.2, 0) is 17.8 Å². The van der Waals surface area contributed by atoms with Crippen LogP contribution >= 0.6 is 0 Å². The predicted octanol–water partition coefficient (Wildman–Crippen LogP) is 3.21. The number of carbonyl (C=O) groups is 1. The van der Waals surface area contributed by atoms with Gasteiger partial charge in [-0.15, -0.1) is 5.10 Å². The van der Waals surface area contributed by atoms with Gasteiger partial charge in [0.15, 0.2) is 0 Å². The number of amides is 1. The van der Waals surface area contributed by atoms with Gasteiger partial charge in [0.25, 0.3) is 0 Å². The third-order valence-corrected chi connectivity index (χ3v) is 3.70. The second kappa shape index (κ2) is 7.55. The predicted molar refractivity (Wildman–Crippen MR) is 93.7 cm³/mol. The molecule has 0 bridgehead atoms. The summed E-state index contributed by atoms with van der Waals surface area (Å²) in [6, 6.07) is 18.2. The summed E-state index contributed by atoms with van der Waals surface area (Å²) < 4.78 is 1.71. The van der Waals surface area contributed by atoms with Crippen molar-refractivity contribution in [1.82, 2.24) is 14.8 Å². The third kappa shape index (κ3) is 4.52. The van der Waals surface area contributed by atoms with E-state index >= 15 is 0 Å². The van der Waals surface area contributed by atoms with Crippen molar-refractivity contribution in [2.45, 2.75) is 26.3 Å². The quantitative estimate of drug-likeness (QED) is 0.758. The average Bonchev–Trinajstić information content (AvgIpc) is 3.01. The molecule has 3 rings (SSSR count). The standard InChI is InChI=1S/C19H20N4O/c1-15-6-5-9-16(12-15)10-11-18(24)21-19-20-14-23(22-19)13-17-7-3-2-4-8-17/h2-9,12,14H,10-11,13H2,1H3,(H,21,22,24). The van der Waals surface area contributed by atoms with Crippen molar-refractivity contribution in [2.24, 2.45) is 0 Å². The molecule has 0 saturated heterocycles. The number of aryl methyl sites for hydroxylation is 2. The van der Waals surface area contributed by atoms with Gasteiger partial charge in [0.1, 0.15) is 6.33 Å². The van der Waals surface area contributed by atoms with E-state index in [0.29, 0.717) is 25.3 Å². The molecule has 0 fully saturated rings. The summed E-state index contributed by atoms with van der Waals surface area (Å²) in [5.41, 5.74) is 3.50. The van der Waals surface area contributed by atoms with Gasteiger partial charge in [0, 0.05) is 6.42 Å². The fraction of sp³-hybridized carbons (Fsp3) is 0.211. The van der Waals surface area contributed by atoms with Gasteiger partial charge in [-0.2, -0.15) is 0 Å². The van der Waals surface area contributed by atoms with Crippen LogP contribution in [0.15, 0.2) is 60.9 Å². The van der Waals surface area contributed by atoms with E-state index in [2.05, 4.69) is 21.5 Å². The maximum Gasteiger partial charge on any atom is 0.248 e. The average molecular weight is 320 g/mol. The number of hydrogen-bond acceptors (Lipinski definition) is 3. The van der Waals surface area contributed by atoms with Crippen molar-refractivity contribution in [3.8, 4) is 0 Å². The maximum atomic E-state index is 12.0. The molecule has 0 aliphatic carbocycles. The molecule has 0 saturated carbocycles. The van der Waals surface area contributed by atoms with Crippen molar-refractivity contribution >= 4 is 11.9 Å². The number of carbonyl (C=O) groups excluding carboxylic acids is 1. The highest BCUT2D eigenvalue weighted by Crippen LogP contribution is 2.08. The Kier molecular flexibility index (Phi) is 5.01. The highest BCUT2D eigenvalue weighted by Gasteiger charge is 2.07. The van der Waals surface area contributed by atoms with Crippen molar-refractivity contribution in [1.29, 1.82) is 0 Å². The van der Waals surface area contributed by atoms with Crippen LogP contribution in [-0.4, -0.2) is 20.7 Å². The Balaban J connectivity index is 1.51. The summed E-state index contributed by atoms with van der Waals surface area (Å²) in [5, 5.41) is 7.04. The van der Waals surface area contributed by atoms with E-state index in [1.54, 1.807) is 11.0 Å². The van der Waals surface area contributed by atoms with E-state index in [0.717, 1.165) is 11.1 Å². The monoisotopic (exact) mass is 320 g/mol. The molecular formula is C19H20N4O. The molecule has 0 unspecified atom stereocenters. The Morgan fingerprint density at radius 2 is 1.88 bits per heavy atom. The summed E-state index contributed by atoms with van der Waals surface area (Å²) in [5.74, 6) is 0.272. The zero-order valence-electron chi connectivity index (χ0n) is 13.6. The molecule has 24 heavy (non-hydrogen) atoms. The molecule has 1 heterocycles. The number of benzene rings is 2. The SMILES string of the molecule is Cc1cccc(CCC(=O)Nc2ncn(Cc3ccccc3)n2)c1. The molecule has 0 radical (unpaired) electrons. The lowest BCUT2D eigenvalue weighted by molar-refractivity contribution is -0.116. The third-order valence-electron chi connectivity index (χ3n) is 3.70.